The highest BCUT2D eigenvalue weighted by atomic mass is 16.5. The van der Waals surface area contributed by atoms with E-state index in [-0.39, 0.29) is 24.4 Å². The van der Waals surface area contributed by atoms with Gasteiger partial charge in [0.15, 0.2) is 11.5 Å². The van der Waals surface area contributed by atoms with Gasteiger partial charge in [-0.15, -0.1) is 0 Å². The summed E-state index contributed by atoms with van der Waals surface area (Å²) in [5.41, 5.74) is 5.85. The SMILES string of the molecule is COc1ccc(CCNC(=O)CN2C(=O)c3ccccc3[C@@H]2c2c(C)n(C)c3ccccc23)cc1OC. The fourth-order valence-corrected chi connectivity index (χ4v) is 5.33. The summed E-state index contributed by atoms with van der Waals surface area (Å²) in [5.74, 6) is 1.00. The van der Waals surface area contributed by atoms with Gasteiger partial charge in [-0.05, 0) is 48.7 Å². The van der Waals surface area contributed by atoms with Crippen LogP contribution in [0.25, 0.3) is 10.9 Å². The van der Waals surface area contributed by atoms with Crippen LogP contribution in [0, 0.1) is 6.92 Å². The number of carbonyl (C=O) groups is 2. The number of methoxy groups -OCH3 is 2. The average Bonchev–Trinajstić information content (AvgIpc) is 3.33. The molecule has 7 heteroatoms. The number of benzene rings is 3. The van der Waals surface area contributed by atoms with Crippen LogP contribution in [-0.2, 0) is 18.3 Å². The zero-order valence-electron chi connectivity index (χ0n) is 21.6. The van der Waals surface area contributed by atoms with Crippen molar-refractivity contribution in [2.24, 2.45) is 7.05 Å². The number of hydrogen-bond acceptors (Lipinski definition) is 4. The molecular weight excluding hydrogens is 466 g/mol. The van der Waals surface area contributed by atoms with Gasteiger partial charge < -0.3 is 24.3 Å². The Balaban J connectivity index is 1.37. The van der Waals surface area contributed by atoms with E-state index in [0.717, 1.165) is 33.3 Å². The molecule has 0 saturated carbocycles. The van der Waals surface area contributed by atoms with Crippen LogP contribution < -0.4 is 14.8 Å². The molecule has 2 amide bonds. The largest absolute Gasteiger partial charge is 0.493 e. The van der Waals surface area contributed by atoms with Gasteiger partial charge in [0.25, 0.3) is 5.91 Å². The van der Waals surface area contributed by atoms with Gasteiger partial charge in [-0.25, -0.2) is 0 Å². The summed E-state index contributed by atoms with van der Waals surface area (Å²) in [6.45, 7) is 2.50. The third-order valence-corrected chi connectivity index (χ3v) is 7.28. The predicted molar refractivity (Wildman–Crippen MR) is 143 cm³/mol. The number of fused-ring (bicyclic) bond motifs is 2. The van der Waals surface area contributed by atoms with Gasteiger partial charge in [-0.3, -0.25) is 9.59 Å². The topological polar surface area (TPSA) is 72.8 Å². The zero-order chi connectivity index (χ0) is 26.1. The third-order valence-electron chi connectivity index (χ3n) is 7.28. The highest BCUT2D eigenvalue weighted by molar-refractivity contribution is 6.02. The van der Waals surface area contributed by atoms with E-state index in [1.165, 1.54) is 0 Å². The number of carbonyl (C=O) groups excluding carboxylic acids is 2. The summed E-state index contributed by atoms with van der Waals surface area (Å²) in [7, 11) is 5.24. The molecule has 5 rings (SSSR count). The van der Waals surface area contributed by atoms with Crippen molar-refractivity contribution in [2.75, 3.05) is 27.3 Å². The molecule has 1 aliphatic rings. The Morgan fingerprint density at radius 1 is 0.973 bits per heavy atom. The fraction of sp³-hybridized carbons (Fsp3) is 0.267. The van der Waals surface area contributed by atoms with Crippen LogP contribution in [0.15, 0.2) is 66.7 Å². The molecule has 7 nitrogen and oxygen atoms in total. The number of hydrogen-bond donors (Lipinski definition) is 1. The molecule has 1 atom stereocenters. The van der Waals surface area contributed by atoms with Crippen molar-refractivity contribution in [3.63, 3.8) is 0 Å². The van der Waals surface area contributed by atoms with E-state index in [1.54, 1.807) is 19.1 Å². The lowest BCUT2D eigenvalue weighted by molar-refractivity contribution is -0.122. The van der Waals surface area contributed by atoms with E-state index in [2.05, 4.69) is 28.9 Å². The maximum absolute atomic E-state index is 13.5. The molecule has 37 heavy (non-hydrogen) atoms. The molecule has 2 heterocycles. The number of amides is 2. The number of para-hydroxylation sites is 1. The van der Waals surface area contributed by atoms with Gasteiger partial charge in [-0.1, -0.05) is 42.5 Å². The lowest BCUT2D eigenvalue weighted by Crippen LogP contribution is -2.40. The van der Waals surface area contributed by atoms with Crippen LogP contribution >= 0.6 is 0 Å². The summed E-state index contributed by atoms with van der Waals surface area (Å²) in [4.78, 5) is 28.3. The summed E-state index contributed by atoms with van der Waals surface area (Å²) in [6, 6.07) is 21.3. The molecule has 0 unspecified atom stereocenters. The molecule has 4 aromatic rings. The van der Waals surface area contributed by atoms with E-state index >= 15 is 0 Å². The summed E-state index contributed by atoms with van der Waals surface area (Å²) in [6.07, 6.45) is 0.631. The molecule has 0 bridgehead atoms. The second-order valence-corrected chi connectivity index (χ2v) is 9.29. The second-order valence-electron chi connectivity index (χ2n) is 9.29. The smallest absolute Gasteiger partial charge is 0.255 e. The van der Waals surface area contributed by atoms with Crippen LogP contribution in [0.2, 0.25) is 0 Å². The molecule has 0 fully saturated rings. The molecular formula is C30H31N3O4. The van der Waals surface area contributed by atoms with E-state index in [9.17, 15) is 9.59 Å². The molecule has 0 radical (unpaired) electrons. The van der Waals surface area contributed by atoms with Gasteiger partial charge in [-0.2, -0.15) is 0 Å². The third kappa shape index (κ3) is 4.31. The first-order valence-electron chi connectivity index (χ1n) is 12.4. The molecule has 0 spiro atoms. The second kappa shape index (κ2) is 10.0. The number of ether oxygens (including phenoxy) is 2. The molecule has 1 N–H and O–H groups in total. The minimum absolute atomic E-state index is 0.0211. The molecule has 1 aromatic heterocycles. The van der Waals surface area contributed by atoms with Crippen molar-refractivity contribution >= 4 is 22.7 Å². The van der Waals surface area contributed by atoms with E-state index < -0.39 is 0 Å². The first-order valence-corrected chi connectivity index (χ1v) is 12.4. The van der Waals surface area contributed by atoms with Crippen molar-refractivity contribution in [3.8, 4) is 11.5 Å². The Hall–Kier alpha value is -4.26. The highest BCUT2D eigenvalue weighted by Gasteiger charge is 2.40. The fourth-order valence-electron chi connectivity index (χ4n) is 5.33. The number of aromatic nitrogens is 1. The van der Waals surface area contributed by atoms with Crippen molar-refractivity contribution < 1.29 is 19.1 Å². The van der Waals surface area contributed by atoms with Gasteiger partial charge >= 0.3 is 0 Å². The van der Waals surface area contributed by atoms with Crippen molar-refractivity contribution in [1.29, 1.82) is 0 Å². The maximum Gasteiger partial charge on any atom is 0.255 e. The molecule has 190 valence electrons. The van der Waals surface area contributed by atoms with Gasteiger partial charge in [0.05, 0.1) is 20.3 Å². The summed E-state index contributed by atoms with van der Waals surface area (Å²) < 4.78 is 12.8. The Bertz CT molecular complexity index is 1490. The van der Waals surface area contributed by atoms with E-state index in [1.807, 2.05) is 61.6 Å². The van der Waals surface area contributed by atoms with Gasteiger partial charge in [0.2, 0.25) is 5.91 Å². The Kier molecular flexibility index (Phi) is 6.61. The van der Waals surface area contributed by atoms with E-state index in [0.29, 0.717) is 30.0 Å². The number of nitrogens with one attached hydrogen (secondary N) is 1. The quantitative estimate of drug-likeness (QED) is 0.392. The standard InChI is InChI=1S/C30H31N3O4/c1-19-28(23-11-7-8-12-24(23)32(19)2)29-21-9-5-6-10-22(21)30(35)33(29)18-27(34)31-16-15-20-13-14-25(36-3)26(17-20)37-4/h5-14,17,29H,15-16,18H2,1-4H3,(H,31,34)/t29-/m1/s1. The average molecular weight is 498 g/mol. The highest BCUT2D eigenvalue weighted by Crippen LogP contribution is 2.43. The van der Waals surface area contributed by atoms with Crippen LogP contribution in [0.5, 0.6) is 11.5 Å². The Morgan fingerprint density at radius 2 is 1.70 bits per heavy atom. The molecule has 0 aliphatic carbocycles. The maximum atomic E-state index is 13.5. The number of nitrogens with zero attached hydrogens (tertiary/aromatic N) is 2. The number of aryl methyl sites for hydroxylation is 1. The van der Waals surface area contributed by atoms with Crippen molar-refractivity contribution in [3.05, 3.63) is 94.7 Å². The predicted octanol–water partition coefficient (Wildman–Crippen LogP) is 4.41. The minimum atomic E-state index is -0.327. The lowest BCUT2D eigenvalue weighted by atomic mass is 9.95. The monoisotopic (exact) mass is 497 g/mol. The lowest BCUT2D eigenvalue weighted by Gasteiger charge is -2.26. The van der Waals surface area contributed by atoms with Crippen molar-refractivity contribution in [1.82, 2.24) is 14.8 Å². The number of rotatable bonds is 8. The zero-order valence-corrected chi connectivity index (χ0v) is 21.6. The Labute approximate surface area is 216 Å². The first-order chi connectivity index (χ1) is 17.9. The van der Waals surface area contributed by atoms with Crippen LogP contribution in [0.3, 0.4) is 0 Å². The van der Waals surface area contributed by atoms with Gasteiger partial charge in [0.1, 0.15) is 6.54 Å². The first kappa shape index (κ1) is 24.4. The van der Waals surface area contributed by atoms with Crippen LogP contribution in [0.4, 0.5) is 0 Å². The van der Waals surface area contributed by atoms with Crippen LogP contribution in [-0.4, -0.2) is 48.6 Å². The molecule has 3 aromatic carbocycles. The Morgan fingerprint density at radius 3 is 2.49 bits per heavy atom. The minimum Gasteiger partial charge on any atom is -0.493 e. The molecule has 0 saturated heterocycles. The van der Waals surface area contributed by atoms with Crippen molar-refractivity contribution in [2.45, 2.75) is 19.4 Å². The van der Waals surface area contributed by atoms with Gasteiger partial charge in [0, 0.05) is 41.3 Å². The summed E-state index contributed by atoms with van der Waals surface area (Å²) in [5, 5.41) is 4.08. The van der Waals surface area contributed by atoms with E-state index in [4.69, 9.17) is 9.47 Å². The normalized spacial score (nSPS) is 14.6. The molecule has 1 aliphatic heterocycles. The van der Waals surface area contributed by atoms with Crippen LogP contribution in [0.1, 0.15) is 38.8 Å². The summed E-state index contributed by atoms with van der Waals surface area (Å²) >= 11 is 0.